The number of benzene rings is 1. The minimum absolute atomic E-state index is 0.797. The number of nitrogens with one attached hydrogen (secondary N) is 1. The Morgan fingerprint density at radius 2 is 2.00 bits per heavy atom. The average Bonchev–Trinajstić information content (AvgIpc) is 2.49. The first-order valence-corrected chi connectivity index (χ1v) is 6.81. The molecule has 0 saturated heterocycles. The molecule has 0 saturated carbocycles. The van der Waals surface area contributed by atoms with Gasteiger partial charge in [-0.1, -0.05) is 49.1 Å². The van der Waals surface area contributed by atoms with Gasteiger partial charge in [0.1, 0.15) is 0 Å². The van der Waals surface area contributed by atoms with Crippen LogP contribution in [0.3, 0.4) is 0 Å². The second-order valence-corrected chi connectivity index (χ2v) is 4.36. The van der Waals surface area contributed by atoms with Crippen molar-refractivity contribution in [1.29, 1.82) is 0 Å². The Morgan fingerprint density at radius 3 is 2.55 bits per heavy atom. The number of nitrogens with two attached hydrogens (primary N) is 1. The van der Waals surface area contributed by atoms with Crippen LogP contribution in [0, 0.1) is 0 Å². The van der Waals surface area contributed by atoms with E-state index in [-0.39, 0.29) is 0 Å². The number of hydrogen-bond donors (Lipinski definition) is 3. The van der Waals surface area contributed by atoms with Crippen molar-refractivity contribution < 1.29 is 0 Å². The van der Waals surface area contributed by atoms with Gasteiger partial charge in [0.2, 0.25) is 0 Å². The van der Waals surface area contributed by atoms with Gasteiger partial charge in [-0.15, -0.1) is 0 Å². The quantitative estimate of drug-likeness (QED) is 0.320. The zero-order valence-corrected chi connectivity index (χ0v) is 12.5. The smallest absolute Gasteiger partial charge is 0.0557 e. The molecule has 0 fully saturated rings. The van der Waals surface area contributed by atoms with Crippen LogP contribution in [0.4, 0.5) is 0 Å². The van der Waals surface area contributed by atoms with Crippen molar-refractivity contribution in [1.82, 2.24) is 5.43 Å². The van der Waals surface area contributed by atoms with Crippen LogP contribution < -0.4 is 11.3 Å². The zero-order chi connectivity index (χ0) is 14.8. The monoisotopic (exact) mass is 284 g/mol. The first kappa shape index (κ1) is 16.1. The normalized spacial score (nSPS) is 13.2. The van der Waals surface area contributed by atoms with Gasteiger partial charge in [-0.3, -0.25) is 5.84 Å². The lowest BCUT2D eigenvalue weighted by molar-refractivity contribution is 0.904. The summed E-state index contributed by atoms with van der Waals surface area (Å²) in [6.45, 7) is 6.04. The van der Waals surface area contributed by atoms with Gasteiger partial charge in [0.05, 0.1) is 5.70 Å². The van der Waals surface area contributed by atoms with Crippen molar-refractivity contribution in [3.63, 3.8) is 0 Å². The summed E-state index contributed by atoms with van der Waals surface area (Å²) in [5.41, 5.74) is 6.38. The number of hydrazine groups is 1. The van der Waals surface area contributed by atoms with Gasteiger partial charge >= 0.3 is 0 Å². The number of hydrogen-bond acceptors (Lipinski definition) is 3. The van der Waals surface area contributed by atoms with E-state index in [1.165, 1.54) is 0 Å². The van der Waals surface area contributed by atoms with Crippen molar-refractivity contribution in [2.75, 3.05) is 0 Å². The maximum Gasteiger partial charge on any atom is 0.0557 e. The summed E-state index contributed by atoms with van der Waals surface area (Å²) in [6, 6.07) is 9.99. The number of thiol groups is 1. The van der Waals surface area contributed by atoms with Crippen molar-refractivity contribution in [3.8, 4) is 0 Å². The molecule has 0 radical (unpaired) electrons. The third-order valence-electron chi connectivity index (χ3n) is 2.65. The van der Waals surface area contributed by atoms with Gasteiger partial charge in [0.15, 0.2) is 0 Å². The highest BCUT2D eigenvalue weighted by atomic mass is 32.1. The second-order valence-electron chi connectivity index (χ2n) is 4.06. The Labute approximate surface area is 126 Å². The van der Waals surface area contributed by atoms with Crippen LogP contribution in [0.5, 0.6) is 0 Å². The van der Waals surface area contributed by atoms with E-state index >= 15 is 0 Å². The van der Waals surface area contributed by atoms with Crippen LogP contribution in [-0.4, -0.2) is 0 Å². The maximum absolute atomic E-state index is 5.58. The van der Waals surface area contributed by atoms with Crippen molar-refractivity contribution in [2.45, 2.75) is 6.92 Å². The van der Waals surface area contributed by atoms with E-state index in [2.05, 4.69) is 24.6 Å². The van der Waals surface area contributed by atoms with E-state index in [1.807, 2.05) is 67.6 Å². The van der Waals surface area contributed by atoms with Crippen LogP contribution in [0.15, 0.2) is 84.0 Å². The molecule has 0 aromatic heterocycles. The lowest BCUT2D eigenvalue weighted by Gasteiger charge is -2.09. The van der Waals surface area contributed by atoms with Gasteiger partial charge in [-0.05, 0) is 47.3 Å². The molecule has 1 rings (SSSR count). The Balaban J connectivity index is 3.13. The molecular weight excluding hydrogens is 264 g/mol. The molecule has 0 heterocycles. The fourth-order valence-corrected chi connectivity index (χ4v) is 1.80. The molecule has 0 aliphatic carbocycles. The molecule has 3 N–H and O–H groups in total. The molecule has 1 aromatic rings. The lowest BCUT2D eigenvalue weighted by atomic mass is 10.0. The molecule has 0 unspecified atom stereocenters. The molecule has 0 atom stereocenters. The molecule has 3 heteroatoms. The van der Waals surface area contributed by atoms with Gasteiger partial charge < -0.3 is 5.43 Å². The maximum atomic E-state index is 5.58. The van der Waals surface area contributed by atoms with Crippen LogP contribution in [-0.2, 0) is 0 Å². The van der Waals surface area contributed by atoms with Crippen molar-refractivity contribution in [3.05, 3.63) is 89.5 Å². The van der Waals surface area contributed by atoms with Gasteiger partial charge in [-0.2, -0.15) is 12.6 Å². The summed E-state index contributed by atoms with van der Waals surface area (Å²) in [5.74, 6) is 5.58. The zero-order valence-electron chi connectivity index (χ0n) is 11.6. The minimum atomic E-state index is 0.797. The van der Waals surface area contributed by atoms with Crippen LogP contribution in [0.1, 0.15) is 12.5 Å². The first-order chi connectivity index (χ1) is 9.72. The Morgan fingerprint density at radius 1 is 1.30 bits per heavy atom. The molecule has 1 aromatic carbocycles. The average molecular weight is 284 g/mol. The molecular formula is C17H20N2S. The van der Waals surface area contributed by atoms with Crippen LogP contribution >= 0.6 is 12.6 Å². The molecule has 104 valence electrons. The molecule has 20 heavy (non-hydrogen) atoms. The van der Waals surface area contributed by atoms with Crippen LogP contribution in [0.2, 0.25) is 0 Å². The third-order valence-corrected chi connectivity index (χ3v) is 2.80. The predicted molar refractivity (Wildman–Crippen MR) is 91.9 cm³/mol. The van der Waals surface area contributed by atoms with Crippen LogP contribution in [0.25, 0.3) is 5.57 Å². The molecule has 0 spiro atoms. The molecule has 0 amide bonds. The number of rotatable bonds is 6. The minimum Gasteiger partial charge on any atom is -0.324 e. The highest BCUT2D eigenvalue weighted by Gasteiger charge is 2.02. The second kappa shape index (κ2) is 9.02. The fraction of sp³-hybridized carbons (Fsp3) is 0.0588. The molecule has 0 aliphatic rings. The molecule has 2 nitrogen and oxygen atoms in total. The van der Waals surface area contributed by atoms with Gasteiger partial charge in [-0.25, -0.2) is 0 Å². The SMILES string of the molecule is C=C(/C=C(\C=C/S)C(=C/C=C\C)/NN)c1ccccc1. The largest absolute Gasteiger partial charge is 0.324 e. The highest BCUT2D eigenvalue weighted by molar-refractivity contribution is 7.83. The summed E-state index contributed by atoms with van der Waals surface area (Å²) in [7, 11) is 0. The Hall–Kier alpha value is -1.97. The fourth-order valence-electron chi connectivity index (χ4n) is 1.64. The Kier molecular flexibility index (Phi) is 7.25. The van der Waals surface area contributed by atoms with E-state index in [1.54, 1.807) is 5.41 Å². The van der Waals surface area contributed by atoms with E-state index in [4.69, 9.17) is 5.84 Å². The Bertz CT molecular complexity index is 552. The van der Waals surface area contributed by atoms with E-state index in [0.717, 1.165) is 22.4 Å². The summed E-state index contributed by atoms with van der Waals surface area (Å²) in [5, 5.41) is 1.67. The summed E-state index contributed by atoms with van der Waals surface area (Å²) >= 11 is 4.13. The predicted octanol–water partition coefficient (Wildman–Crippen LogP) is 3.99. The number of allylic oxidation sites excluding steroid dienone is 6. The highest BCUT2D eigenvalue weighted by Crippen LogP contribution is 2.19. The van der Waals surface area contributed by atoms with Gasteiger partial charge in [0, 0.05) is 0 Å². The summed E-state index contributed by atoms with van der Waals surface area (Å²) in [6.07, 6.45) is 9.59. The first-order valence-electron chi connectivity index (χ1n) is 6.29. The van der Waals surface area contributed by atoms with E-state index in [0.29, 0.717) is 0 Å². The van der Waals surface area contributed by atoms with Gasteiger partial charge in [0.25, 0.3) is 0 Å². The molecule has 0 bridgehead atoms. The van der Waals surface area contributed by atoms with E-state index < -0.39 is 0 Å². The standard InChI is InChI=1S/C17H20N2S/c1-3-4-10-17(19-18)16(11-12-20)13-14(2)15-8-6-5-7-9-15/h3-13,19-20H,2,18H2,1H3/b4-3-,12-11-,16-13+,17-10-. The van der Waals surface area contributed by atoms with Crippen molar-refractivity contribution >= 4 is 18.2 Å². The lowest BCUT2D eigenvalue weighted by Crippen LogP contribution is -2.22. The summed E-state index contributed by atoms with van der Waals surface area (Å²) < 4.78 is 0. The third kappa shape index (κ3) is 4.96. The molecule has 0 aliphatic heterocycles. The summed E-state index contributed by atoms with van der Waals surface area (Å²) in [4.78, 5) is 0. The van der Waals surface area contributed by atoms with E-state index in [9.17, 15) is 0 Å². The topological polar surface area (TPSA) is 38.0 Å². The van der Waals surface area contributed by atoms with Crippen molar-refractivity contribution in [2.24, 2.45) is 5.84 Å².